The number of carbonyl (C=O) groups is 1. The Bertz CT molecular complexity index is 559. The molecule has 1 amide bonds. The van der Waals surface area contributed by atoms with E-state index >= 15 is 0 Å². The van der Waals surface area contributed by atoms with E-state index < -0.39 is 0 Å². The van der Waals surface area contributed by atoms with Crippen LogP contribution < -0.4 is 5.32 Å². The van der Waals surface area contributed by atoms with Gasteiger partial charge < -0.3 is 10.1 Å². The van der Waals surface area contributed by atoms with Gasteiger partial charge in [0.05, 0.1) is 31.1 Å². The summed E-state index contributed by atoms with van der Waals surface area (Å²) in [6, 6.07) is 3.94. The molecule has 2 rings (SSSR count). The van der Waals surface area contributed by atoms with Gasteiger partial charge in [-0.2, -0.15) is 10.4 Å². The number of aryl methyl sites for hydroxylation is 2. The Morgan fingerprint density at radius 2 is 2.41 bits per heavy atom. The number of rotatable bonds is 5. The summed E-state index contributed by atoms with van der Waals surface area (Å²) in [5.41, 5.74) is 0.936. The molecule has 0 bridgehead atoms. The summed E-state index contributed by atoms with van der Waals surface area (Å²) in [5, 5.41) is 15.9. The standard InChI is InChI=1S/C16H24N4O2/c1-11(2)15-13(6-4-9-22-15)16(21)18-14-10-12(3)20(19-14)8-5-7-17/h10-11,13,15H,4-6,8-9H2,1-3H3,(H,18,19,21)/t13-,15-/m1/s1. The van der Waals surface area contributed by atoms with Gasteiger partial charge in [-0.05, 0) is 25.7 Å². The Labute approximate surface area is 131 Å². The van der Waals surface area contributed by atoms with E-state index in [0.29, 0.717) is 24.7 Å². The molecule has 0 radical (unpaired) electrons. The van der Waals surface area contributed by atoms with Crippen LogP contribution in [0.5, 0.6) is 0 Å². The predicted molar refractivity (Wildman–Crippen MR) is 83.1 cm³/mol. The zero-order valence-electron chi connectivity index (χ0n) is 13.5. The van der Waals surface area contributed by atoms with Crippen LogP contribution in [0.25, 0.3) is 0 Å². The molecule has 1 saturated heterocycles. The molecular weight excluding hydrogens is 280 g/mol. The molecule has 2 atom stereocenters. The Morgan fingerprint density at radius 3 is 3.09 bits per heavy atom. The van der Waals surface area contributed by atoms with E-state index in [0.717, 1.165) is 25.1 Å². The molecule has 1 aliphatic rings. The Hall–Kier alpha value is -1.87. The Kier molecular flexibility index (Phi) is 5.56. The van der Waals surface area contributed by atoms with Crippen LogP contribution in [0.3, 0.4) is 0 Å². The van der Waals surface area contributed by atoms with E-state index in [1.165, 1.54) is 0 Å². The van der Waals surface area contributed by atoms with E-state index in [9.17, 15) is 4.79 Å². The summed E-state index contributed by atoms with van der Waals surface area (Å²) in [5.74, 6) is 0.709. The molecule has 1 aliphatic heterocycles. The average molecular weight is 304 g/mol. The van der Waals surface area contributed by atoms with Crippen molar-refractivity contribution in [3.63, 3.8) is 0 Å². The van der Waals surface area contributed by atoms with E-state index in [1.807, 2.05) is 13.0 Å². The van der Waals surface area contributed by atoms with Gasteiger partial charge in [0.1, 0.15) is 0 Å². The first-order valence-electron chi connectivity index (χ1n) is 7.86. The summed E-state index contributed by atoms with van der Waals surface area (Å²) in [4.78, 5) is 12.5. The molecule has 0 unspecified atom stereocenters. The number of nitrogens with one attached hydrogen (secondary N) is 1. The number of hydrogen-bond acceptors (Lipinski definition) is 4. The SMILES string of the molecule is Cc1cc(NC(=O)[C@@H]2CCCO[C@@H]2C(C)C)nn1CCC#N. The van der Waals surface area contributed by atoms with Crippen LogP contribution in [-0.4, -0.2) is 28.4 Å². The molecule has 6 heteroatoms. The van der Waals surface area contributed by atoms with E-state index in [-0.39, 0.29) is 17.9 Å². The van der Waals surface area contributed by atoms with Gasteiger partial charge in [-0.25, -0.2) is 0 Å². The van der Waals surface area contributed by atoms with Crippen LogP contribution in [0, 0.1) is 30.1 Å². The monoisotopic (exact) mass is 304 g/mol. The summed E-state index contributed by atoms with van der Waals surface area (Å²) < 4.78 is 7.52. The lowest BCUT2D eigenvalue weighted by molar-refractivity contribution is -0.131. The van der Waals surface area contributed by atoms with Crippen molar-refractivity contribution in [2.45, 2.75) is 52.7 Å². The highest BCUT2D eigenvalue weighted by Crippen LogP contribution is 2.27. The Balaban J connectivity index is 2.03. The van der Waals surface area contributed by atoms with Gasteiger partial charge in [-0.15, -0.1) is 0 Å². The lowest BCUT2D eigenvalue weighted by Gasteiger charge is -2.33. The zero-order chi connectivity index (χ0) is 16.1. The molecule has 6 nitrogen and oxygen atoms in total. The van der Waals surface area contributed by atoms with Crippen LogP contribution in [0.15, 0.2) is 6.07 Å². The second-order valence-corrected chi connectivity index (χ2v) is 6.12. The number of amides is 1. The molecule has 120 valence electrons. The second-order valence-electron chi connectivity index (χ2n) is 6.12. The molecule has 22 heavy (non-hydrogen) atoms. The third kappa shape index (κ3) is 3.86. The quantitative estimate of drug-likeness (QED) is 0.906. The topological polar surface area (TPSA) is 79.9 Å². The zero-order valence-corrected chi connectivity index (χ0v) is 13.5. The van der Waals surface area contributed by atoms with E-state index in [4.69, 9.17) is 10.00 Å². The van der Waals surface area contributed by atoms with Gasteiger partial charge in [-0.3, -0.25) is 9.48 Å². The number of nitrogens with zero attached hydrogens (tertiary/aromatic N) is 3. The molecule has 0 spiro atoms. The maximum absolute atomic E-state index is 12.5. The van der Waals surface area contributed by atoms with Crippen molar-refractivity contribution in [1.29, 1.82) is 5.26 Å². The van der Waals surface area contributed by atoms with Crippen LogP contribution in [0.2, 0.25) is 0 Å². The van der Waals surface area contributed by atoms with Crippen molar-refractivity contribution >= 4 is 11.7 Å². The molecule has 1 aromatic rings. The number of nitriles is 1. The summed E-state index contributed by atoms with van der Waals surface area (Å²) >= 11 is 0. The van der Waals surface area contributed by atoms with Gasteiger partial charge in [0.25, 0.3) is 0 Å². The predicted octanol–water partition coefficient (Wildman–Crippen LogP) is 2.49. The molecule has 1 N–H and O–H groups in total. The highest BCUT2D eigenvalue weighted by atomic mass is 16.5. The number of hydrogen-bond donors (Lipinski definition) is 1. The van der Waals surface area contributed by atoms with E-state index in [2.05, 4.69) is 30.3 Å². The second kappa shape index (κ2) is 7.41. The number of aromatic nitrogens is 2. The van der Waals surface area contributed by atoms with Crippen molar-refractivity contribution in [1.82, 2.24) is 9.78 Å². The first-order chi connectivity index (χ1) is 10.5. The molecule has 2 heterocycles. The summed E-state index contributed by atoms with van der Waals surface area (Å²) in [6.45, 7) is 7.35. The molecule has 1 aromatic heterocycles. The van der Waals surface area contributed by atoms with Crippen molar-refractivity contribution in [2.75, 3.05) is 11.9 Å². The van der Waals surface area contributed by atoms with Crippen molar-refractivity contribution < 1.29 is 9.53 Å². The maximum Gasteiger partial charge on any atom is 0.231 e. The first kappa shape index (κ1) is 16.5. The molecule has 0 saturated carbocycles. The van der Waals surface area contributed by atoms with Gasteiger partial charge >= 0.3 is 0 Å². The largest absolute Gasteiger partial charge is 0.377 e. The molecule has 1 fully saturated rings. The summed E-state index contributed by atoms with van der Waals surface area (Å²) in [6.07, 6.45) is 2.14. The fraction of sp³-hybridized carbons (Fsp3) is 0.688. The Morgan fingerprint density at radius 1 is 1.64 bits per heavy atom. The van der Waals surface area contributed by atoms with Crippen LogP contribution in [-0.2, 0) is 16.1 Å². The van der Waals surface area contributed by atoms with E-state index in [1.54, 1.807) is 4.68 Å². The van der Waals surface area contributed by atoms with Crippen LogP contribution in [0.4, 0.5) is 5.82 Å². The highest BCUT2D eigenvalue weighted by Gasteiger charge is 2.34. The van der Waals surface area contributed by atoms with Crippen LogP contribution >= 0.6 is 0 Å². The van der Waals surface area contributed by atoms with Gasteiger partial charge in [0.15, 0.2) is 5.82 Å². The normalized spacial score (nSPS) is 21.6. The molecular formula is C16H24N4O2. The molecule has 0 aromatic carbocycles. The lowest BCUT2D eigenvalue weighted by atomic mass is 9.87. The van der Waals surface area contributed by atoms with Gasteiger partial charge in [0, 0.05) is 18.4 Å². The number of ether oxygens (including phenoxy) is 1. The maximum atomic E-state index is 12.5. The lowest BCUT2D eigenvalue weighted by Crippen LogP contribution is -2.41. The van der Waals surface area contributed by atoms with Gasteiger partial charge in [0.2, 0.25) is 5.91 Å². The third-order valence-corrected chi connectivity index (χ3v) is 4.03. The van der Waals surface area contributed by atoms with Gasteiger partial charge in [-0.1, -0.05) is 13.8 Å². The third-order valence-electron chi connectivity index (χ3n) is 4.03. The number of anilines is 1. The van der Waals surface area contributed by atoms with Crippen LogP contribution in [0.1, 0.15) is 38.8 Å². The van der Waals surface area contributed by atoms with Crippen molar-refractivity contribution in [2.24, 2.45) is 11.8 Å². The summed E-state index contributed by atoms with van der Waals surface area (Å²) in [7, 11) is 0. The fourth-order valence-corrected chi connectivity index (χ4v) is 2.91. The number of carbonyl (C=O) groups excluding carboxylic acids is 1. The smallest absolute Gasteiger partial charge is 0.231 e. The minimum atomic E-state index is -0.127. The first-order valence-corrected chi connectivity index (χ1v) is 7.86. The average Bonchev–Trinajstić information content (AvgIpc) is 2.84. The molecule has 0 aliphatic carbocycles. The fourth-order valence-electron chi connectivity index (χ4n) is 2.91. The minimum Gasteiger partial charge on any atom is -0.377 e. The van der Waals surface area contributed by atoms with Crippen molar-refractivity contribution in [3.8, 4) is 6.07 Å². The minimum absolute atomic E-state index is 0.0247. The van der Waals surface area contributed by atoms with Crippen molar-refractivity contribution in [3.05, 3.63) is 11.8 Å². The highest BCUT2D eigenvalue weighted by molar-refractivity contribution is 5.92.